The number of halogens is 1. The van der Waals surface area contributed by atoms with E-state index in [1.54, 1.807) is 4.90 Å². The molecule has 8 heteroatoms. The average molecular weight is 442 g/mol. The quantitative estimate of drug-likeness (QED) is 0.678. The number of fused-ring (bicyclic) bond motifs is 3. The second-order valence-electron chi connectivity index (χ2n) is 8.20. The normalized spacial score (nSPS) is 17.6. The van der Waals surface area contributed by atoms with Crippen molar-refractivity contribution in [3.8, 4) is 0 Å². The molecule has 6 nitrogen and oxygen atoms in total. The molecule has 0 spiro atoms. The van der Waals surface area contributed by atoms with Gasteiger partial charge in [0.25, 0.3) is 5.91 Å². The molecule has 0 saturated carbocycles. The van der Waals surface area contributed by atoms with Crippen molar-refractivity contribution in [1.82, 2.24) is 14.2 Å². The zero-order chi connectivity index (χ0) is 21.6. The van der Waals surface area contributed by atoms with Gasteiger partial charge in [-0.2, -0.15) is 4.31 Å². The highest BCUT2D eigenvalue weighted by molar-refractivity contribution is 7.89. The zero-order valence-corrected chi connectivity index (χ0v) is 17.9. The molecule has 2 aromatic carbocycles. The van der Waals surface area contributed by atoms with Crippen LogP contribution in [0.2, 0.25) is 0 Å². The Morgan fingerprint density at radius 1 is 0.968 bits per heavy atom. The number of H-pyrrole nitrogens is 1. The second-order valence-corrected chi connectivity index (χ2v) is 10.1. The van der Waals surface area contributed by atoms with E-state index in [0.717, 1.165) is 29.8 Å². The monoisotopic (exact) mass is 441 g/mol. The summed E-state index contributed by atoms with van der Waals surface area (Å²) in [6.45, 7) is 0.978. The molecule has 1 fully saturated rings. The largest absolute Gasteiger partial charge is 0.358 e. The highest BCUT2D eigenvalue weighted by atomic mass is 32.2. The van der Waals surface area contributed by atoms with Crippen LogP contribution in [0.1, 0.15) is 34.5 Å². The van der Waals surface area contributed by atoms with Gasteiger partial charge in [-0.1, -0.05) is 6.07 Å². The van der Waals surface area contributed by atoms with E-state index < -0.39 is 15.8 Å². The van der Waals surface area contributed by atoms with Crippen molar-refractivity contribution >= 4 is 26.8 Å². The number of piperazine rings is 1. The Morgan fingerprint density at radius 3 is 2.52 bits per heavy atom. The fraction of sp³-hybridized carbons (Fsp3) is 0.348. The smallest absolute Gasteiger partial charge is 0.253 e. The van der Waals surface area contributed by atoms with Gasteiger partial charge in [0.1, 0.15) is 5.82 Å². The van der Waals surface area contributed by atoms with Gasteiger partial charge in [-0.05, 0) is 67.6 Å². The Kier molecular flexibility index (Phi) is 5.06. The number of aryl methyl sites for hydroxylation is 2. The lowest BCUT2D eigenvalue weighted by atomic mass is 9.95. The van der Waals surface area contributed by atoms with Crippen molar-refractivity contribution in [2.45, 2.75) is 30.6 Å². The lowest BCUT2D eigenvalue weighted by Crippen LogP contribution is -2.50. The maximum absolute atomic E-state index is 13.5. The Bertz CT molecular complexity index is 1260. The number of sulfonamides is 1. The van der Waals surface area contributed by atoms with Crippen LogP contribution in [-0.2, 0) is 22.9 Å². The topological polar surface area (TPSA) is 73.5 Å². The summed E-state index contributed by atoms with van der Waals surface area (Å²) in [5.41, 5.74) is 4.29. The van der Waals surface area contributed by atoms with E-state index in [1.807, 2.05) is 18.2 Å². The lowest BCUT2D eigenvalue weighted by Gasteiger charge is -2.34. The van der Waals surface area contributed by atoms with Gasteiger partial charge in [-0.15, -0.1) is 0 Å². The van der Waals surface area contributed by atoms with Gasteiger partial charge >= 0.3 is 0 Å². The summed E-state index contributed by atoms with van der Waals surface area (Å²) in [5.74, 6) is -0.673. The number of hydrogen-bond donors (Lipinski definition) is 1. The number of amides is 1. The lowest BCUT2D eigenvalue weighted by molar-refractivity contribution is 0.0698. The molecule has 1 saturated heterocycles. The minimum Gasteiger partial charge on any atom is -0.358 e. The fourth-order valence-electron chi connectivity index (χ4n) is 4.63. The first kappa shape index (κ1) is 20.2. The summed E-state index contributed by atoms with van der Waals surface area (Å²) in [5, 5.41) is 1.12. The summed E-state index contributed by atoms with van der Waals surface area (Å²) in [4.78, 5) is 18.2. The van der Waals surface area contributed by atoms with E-state index in [0.29, 0.717) is 18.7 Å². The first-order chi connectivity index (χ1) is 14.9. The van der Waals surface area contributed by atoms with Crippen LogP contribution in [0.15, 0.2) is 47.4 Å². The molecule has 1 aliphatic carbocycles. The summed E-state index contributed by atoms with van der Waals surface area (Å²) in [6.07, 6.45) is 4.44. The maximum Gasteiger partial charge on any atom is 0.253 e. The number of benzene rings is 2. The number of nitrogens with zero attached hydrogens (tertiary/aromatic N) is 2. The van der Waals surface area contributed by atoms with Crippen LogP contribution in [0.5, 0.6) is 0 Å². The molecule has 1 amide bonds. The number of rotatable bonds is 3. The van der Waals surface area contributed by atoms with Gasteiger partial charge in [0.05, 0.1) is 4.90 Å². The Morgan fingerprint density at radius 2 is 1.74 bits per heavy atom. The third kappa shape index (κ3) is 3.64. The molecule has 1 aliphatic heterocycles. The van der Waals surface area contributed by atoms with Crippen LogP contribution >= 0.6 is 0 Å². The van der Waals surface area contributed by atoms with E-state index in [-0.39, 0.29) is 23.9 Å². The van der Waals surface area contributed by atoms with Crippen molar-refractivity contribution in [2.24, 2.45) is 0 Å². The summed E-state index contributed by atoms with van der Waals surface area (Å²) in [6, 6.07) is 10.8. The van der Waals surface area contributed by atoms with Gasteiger partial charge in [0.2, 0.25) is 10.0 Å². The third-order valence-corrected chi connectivity index (χ3v) is 8.20. The van der Waals surface area contributed by atoms with Crippen LogP contribution in [0.3, 0.4) is 0 Å². The van der Waals surface area contributed by atoms with Crippen molar-refractivity contribution in [3.05, 3.63) is 65.1 Å². The van der Waals surface area contributed by atoms with E-state index in [2.05, 4.69) is 4.98 Å². The molecule has 5 rings (SSSR count). The number of carbonyl (C=O) groups is 1. The number of aromatic amines is 1. The molecule has 31 heavy (non-hydrogen) atoms. The molecule has 0 bridgehead atoms. The summed E-state index contributed by atoms with van der Waals surface area (Å²) < 4.78 is 40.4. The van der Waals surface area contributed by atoms with Crippen LogP contribution in [-0.4, -0.2) is 54.7 Å². The van der Waals surface area contributed by atoms with Crippen LogP contribution in [0.4, 0.5) is 4.39 Å². The molecular weight excluding hydrogens is 417 g/mol. The molecular formula is C23H24FN3O3S. The SMILES string of the molecule is O=C(c1ccc2[nH]c3c(c2c1)CCCC3)N1CCN(S(=O)(=O)c2cccc(F)c2)CC1. The Hall–Kier alpha value is -2.71. The van der Waals surface area contributed by atoms with Gasteiger partial charge in [0.15, 0.2) is 0 Å². The molecule has 162 valence electrons. The van der Waals surface area contributed by atoms with Crippen molar-refractivity contribution in [3.63, 3.8) is 0 Å². The molecule has 2 heterocycles. The average Bonchev–Trinajstić information content (AvgIpc) is 3.16. The molecule has 0 radical (unpaired) electrons. The summed E-state index contributed by atoms with van der Waals surface area (Å²) in [7, 11) is -3.78. The molecule has 1 N–H and O–H groups in total. The van der Waals surface area contributed by atoms with Crippen LogP contribution < -0.4 is 0 Å². The van der Waals surface area contributed by atoms with Crippen LogP contribution in [0, 0.1) is 5.82 Å². The first-order valence-electron chi connectivity index (χ1n) is 10.6. The van der Waals surface area contributed by atoms with Gasteiger partial charge < -0.3 is 9.88 Å². The van der Waals surface area contributed by atoms with Gasteiger partial charge in [-0.3, -0.25) is 4.79 Å². The van der Waals surface area contributed by atoms with Crippen molar-refractivity contribution in [2.75, 3.05) is 26.2 Å². The predicted octanol–water partition coefficient (Wildman–Crippen LogP) is 3.33. The van der Waals surface area contributed by atoms with E-state index in [9.17, 15) is 17.6 Å². The minimum atomic E-state index is -3.78. The number of carbonyl (C=O) groups excluding carboxylic acids is 1. The highest BCUT2D eigenvalue weighted by Gasteiger charge is 2.31. The van der Waals surface area contributed by atoms with E-state index >= 15 is 0 Å². The molecule has 0 atom stereocenters. The fourth-order valence-corrected chi connectivity index (χ4v) is 6.08. The molecule has 2 aliphatic rings. The first-order valence-corrected chi connectivity index (χ1v) is 12.1. The minimum absolute atomic E-state index is 0.0602. The number of aromatic nitrogens is 1. The Balaban J connectivity index is 1.32. The third-order valence-electron chi connectivity index (χ3n) is 6.30. The standard InChI is InChI=1S/C23H24FN3O3S/c24-17-4-3-5-18(15-17)31(29,30)27-12-10-26(11-13-27)23(28)16-8-9-22-20(14-16)19-6-1-2-7-21(19)25-22/h3-5,8-9,14-15,25H,1-2,6-7,10-13H2. The van der Waals surface area contributed by atoms with Crippen LogP contribution in [0.25, 0.3) is 10.9 Å². The maximum atomic E-state index is 13.5. The number of hydrogen-bond acceptors (Lipinski definition) is 3. The van der Waals surface area contributed by atoms with Gasteiger partial charge in [0, 0.05) is 48.3 Å². The number of nitrogens with one attached hydrogen (secondary N) is 1. The highest BCUT2D eigenvalue weighted by Crippen LogP contribution is 2.30. The van der Waals surface area contributed by atoms with Crippen molar-refractivity contribution < 1.29 is 17.6 Å². The van der Waals surface area contributed by atoms with E-state index in [1.165, 1.54) is 46.6 Å². The molecule has 3 aromatic rings. The molecule has 0 unspecified atom stereocenters. The zero-order valence-electron chi connectivity index (χ0n) is 17.1. The predicted molar refractivity (Wildman–Crippen MR) is 116 cm³/mol. The second kappa shape index (κ2) is 7.76. The Labute approximate surface area is 180 Å². The van der Waals surface area contributed by atoms with Gasteiger partial charge in [-0.25, -0.2) is 12.8 Å². The molecule has 1 aromatic heterocycles. The summed E-state index contributed by atoms with van der Waals surface area (Å²) >= 11 is 0. The van der Waals surface area contributed by atoms with E-state index in [4.69, 9.17) is 0 Å². The van der Waals surface area contributed by atoms with Crippen molar-refractivity contribution in [1.29, 1.82) is 0 Å².